The first-order chi connectivity index (χ1) is 9.60. The third-order valence-electron chi connectivity index (χ3n) is 3.34. The molecule has 0 amide bonds. The quantitative estimate of drug-likeness (QED) is 0.843. The zero-order valence-corrected chi connectivity index (χ0v) is 11.8. The number of rotatable bonds is 5. The fraction of sp³-hybridized carbons (Fsp3) is 0.533. The van der Waals surface area contributed by atoms with Gasteiger partial charge < -0.3 is 14.8 Å². The molecule has 1 N–H and O–H groups in total. The van der Waals surface area contributed by atoms with E-state index in [0.717, 1.165) is 12.8 Å². The summed E-state index contributed by atoms with van der Waals surface area (Å²) < 4.78 is 23.8. The summed E-state index contributed by atoms with van der Waals surface area (Å²) in [4.78, 5) is 12.1. The molecular formula is C15H20FNO3. The molecule has 1 aliphatic rings. The lowest BCUT2D eigenvalue weighted by molar-refractivity contribution is -0.147. The lowest BCUT2D eigenvalue weighted by atomic mass is 10.1. The van der Waals surface area contributed by atoms with Gasteiger partial charge in [-0.3, -0.25) is 0 Å². The summed E-state index contributed by atoms with van der Waals surface area (Å²) in [7, 11) is 0. The first-order valence-electron chi connectivity index (χ1n) is 6.94. The van der Waals surface area contributed by atoms with Gasteiger partial charge in [0.1, 0.15) is 5.82 Å². The molecule has 20 heavy (non-hydrogen) atoms. The van der Waals surface area contributed by atoms with Gasteiger partial charge in [-0.15, -0.1) is 0 Å². The molecule has 2 rings (SSSR count). The second-order valence-corrected chi connectivity index (χ2v) is 4.94. The van der Waals surface area contributed by atoms with E-state index in [4.69, 9.17) is 9.47 Å². The van der Waals surface area contributed by atoms with E-state index in [0.29, 0.717) is 12.3 Å². The van der Waals surface area contributed by atoms with E-state index in [9.17, 15) is 9.18 Å². The highest BCUT2D eigenvalue weighted by atomic mass is 19.1. The van der Waals surface area contributed by atoms with Crippen molar-refractivity contribution in [2.45, 2.75) is 44.9 Å². The Kier molecular flexibility index (Phi) is 4.95. The molecule has 1 fully saturated rings. The Labute approximate surface area is 118 Å². The Morgan fingerprint density at radius 2 is 2.15 bits per heavy atom. The summed E-state index contributed by atoms with van der Waals surface area (Å²) >= 11 is 0. The third-order valence-corrected chi connectivity index (χ3v) is 3.34. The number of esters is 1. The number of carbonyl (C=O) groups is 1. The summed E-state index contributed by atoms with van der Waals surface area (Å²) in [6.45, 7) is 4.08. The molecule has 3 unspecified atom stereocenters. The number of hydrogen-bond acceptors (Lipinski definition) is 4. The minimum Gasteiger partial charge on any atom is -0.464 e. The van der Waals surface area contributed by atoms with Crippen molar-refractivity contribution in [1.29, 1.82) is 0 Å². The maximum atomic E-state index is 12.9. The molecule has 0 bridgehead atoms. The summed E-state index contributed by atoms with van der Waals surface area (Å²) in [6, 6.07) is 5.33. The molecule has 1 heterocycles. The molecule has 0 radical (unpaired) electrons. The van der Waals surface area contributed by atoms with E-state index >= 15 is 0 Å². The van der Waals surface area contributed by atoms with Crippen LogP contribution in [0.2, 0.25) is 0 Å². The average molecular weight is 281 g/mol. The van der Waals surface area contributed by atoms with Gasteiger partial charge in [0.2, 0.25) is 0 Å². The Hall–Kier alpha value is -1.62. The van der Waals surface area contributed by atoms with Gasteiger partial charge in [-0.05, 0) is 51.0 Å². The molecule has 4 nitrogen and oxygen atoms in total. The molecule has 1 aromatic carbocycles. The van der Waals surface area contributed by atoms with Crippen LogP contribution >= 0.6 is 0 Å². The average Bonchev–Trinajstić information content (AvgIpc) is 2.84. The lowest BCUT2D eigenvalue weighted by Gasteiger charge is -2.24. The number of hydrogen-bond donors (Lipinski definition) is 1. The third kappa shape index (κ3) is 3.70. The van der Waals surface area contributed by atoms with Crippen molar-refractivity contribution in [3.63, 3.8) is 0 Å². The molecule has 1 aliphatic heterocycles. The maximum Gasteiger partial charge on any atom is 0.331 e. The number of ether oxygens (including phenoxy) is 2. The van der Waals surface area contributed by atoms with Gasteiger partial charge >= 0.3 is 5.97 Å². The minimum atomic E-state index is -0.564. The van der Waals surface area contributed by atoms with Gasteiger partial charge in [0, 0.05) is 5.69 Å². The molecule has 3 atom stereocenters. The minimum absolute atomic E-state index is 0.145. The van der Waals surface area contributed by atoms with Crippen molar-refractivity contribution < 1.29 is 18.7 Å². The highest BCUT2D eigenvalue weighted by molar-refractivity contribution is 5.80. The largest absolute Gasteiger partial charge is 0.464 e. The molecule has 0 saturated carbocycles. The summed E-state index contributed by atoms with van der Waals surface area (Å²) in [5.41, 5.74) is 0.674. The van der Waals surface area contributed by atoms with E-state index in [-0.39, 0.29) is 24.0 Å². The van der Waals surface area contributed by atoms with E-state index in [1.807, 2.05) is 6.92 Å². The van der Waals surface area contributed by atoms with Gasteiger partial charge in [0.25, 0.3) is 0 Å². The van der Waals surface area contributed by atoms with E-state index in [2.05, 4.69) is 5.32 Å². The topological polar surface area (TPSA) is 47.6 Å². The van der Waals surface area contributed by atoms with E-state index in [1.54, 1.807) is 19.1 Å². The highest BCUT2D eigenvalue weighted by Crippen LogP contribution is 2.24. The van der Waals surface area contributed by atoms with Gasteiger partial charge in [-0.2, -0.15) is 0 Å². The van der Waals surface area contributed by atoms with Crippen molar-refractivity contribution in [1.82, 2.24) is 0 Å². The number of carbonyl (C=O) groups excluding carboxylic acids is 1. The molecular weight excluding hydrogens is 261 g/mol. The summed E-state index contributed by atoms with van der Waals surface area (Å²) in [6.07, 6.45) is 1.66. The molecule has 5 heteroatoms. The second-order valence-electron chi connectivity index (χ2n) is 4.94. The Bertz CT molecular complexity index is 449. The van der Waals surface area contributed by atoms with Crippen LogP contribution in [-0.2, 0) is 14.3 Å². The van der Waals surface area contributed by atoms with Crippen molar-refractivity contribution in [2.75, 3.05) is 11.9 Å². The van der Waals surface area contributed by atoms with Gasteiger partial charge in [0.05, 0.1) is 18.8 Å². The normalized spacial score (nSPS) is 23.4. The van der Waals surface area contributed by atoms with Crippen molar-refractivity contribution in [2.24, 2.45) is 0 Å². The van der Waals surface area contributed by atoms with Crippen molar-refractivity contribution in [3.05, 3.63) is 30.1 Å². The van der Waals surface area contributed by atoms with Crippen molar-refractivity contribution >= 4 is 11.7 Å². The van der Waals surface area contributed by atoms with Gasteiger partial charge in [-0.1, -0.05) is 0 Å². The van der Waals surface area contributed by atoms with Crippen LogP contribution in [0.5, 0.6) is 0 Å². The predicted octanol–water partition coefficient (Wildman–Crippen LogP) is 2.74. The molecule has 0 aromatic heterocycles. The fourth-order valence-corrected chi connectivity index (χ4v) is 2.34. The maximum absolute atomic E-state index is 12.9. The van der Waals surface area contributed by atoms with Crippen molar-refractivity contribution in [3.8, 4) is 0 Å². The van der Waals surface area contributed by atoms with E-state index < -0.39 is 6.04 Å². The number of halogens is 1. The van der Waals surface area contributed by atoms with Crippen LogP contribution < -0.4 is 5.32 Å². The standard InChI is InChI=1S/C15H20FNO3/c1-3-19-15(18)14(13-9-4-10(2)20-13)17-12-7-5-11(16)6-8-12/h5-8,10,13-14,17H,3-4,9H2,1-2H3. The molecule has 1 aromatic rings. The number of anilines is 1. The molecule has 0 aliphatic carbocycles. The summed E-state index contributed by atoms with van der Waals surface area (Å²) in [5, 5.41) is 3.09. The van der Waals surface area contributed by atoms with E-state index in [1.165, 1.54) is 12.1 Å². The zero-order chi connectivity index (χ0) is 14.5. The molecule has 0 spiro atoms. The monoisotopic (exact) mass is 281 g/mol. The van der Waals surface area contributed by atoms with Crippen LogP contribution in [0.4, 0.5) is 10.1 Å². The van der Waals surface area contributed by atoms with Crippen LogP contribution in [-0.4, -0.2) is 30.8 Å². The van der Waals surface area contributed by atoms with Gasteiger partial charge in [0.15, 0.2) is 6.04 Å². The zero-order valence-electron chi connectivity index (χ0n) is 11.8. The predicted molar refractivity (Wildman–Crippen MR) is 74.0 cm³/mol. The second kappa shape index (κ2) is 6.70. The fourth-order valence-electron chi connectivity index (χ4n) is 2.34. The van der Waals surface area contributed by atoms with Gasteiger partial charge in [-0.25, -0.2) is 9.18 Å². The molecule has 1 saturated heterocycles. The Morgan fingerprint density at radius 1 is 1.45 bits per heavy atom. The van der Waals surface area contributed by atoms with Crippen LogP contribution in [0.1, 0.15) is 26.7 Å². The Morgan fingerprint density at radius 3 is 2.70 bits per heavy atom. The number of benzene rings is 1. The highest BCUT2D eigenvalue weighted by Gasteiger charge is 2.35. The lowest BCUT2D eigenvalue weighted by Crippen LogP contribution is -2.42. The SMILES string of the molecule is CCOC(=O)C(Nc1ccc(F)cc1)C1CCC(C)O1. The van der Waals surface area contributed by atoms with Crippen LogP contribution in [0.25, 0.3) is 0 Å². The smallest absolute Gasteiger partial charge is 0.331 e. The molecule has 110 valence electrons. The first kappa shape index (κ1) is 14.8. The Balaban J connectivity index is 2.09. The number of nitrogens with one attached hydrogen (secondary N) is 1. The first-order valence-corrected chi connectivity index (χ1v) is 6.94. The van der Waals surface area contributed by atoms with Crippen LogP contribution in [0, 0.1) is 5.82 Å². The summed E-state index contributed by atoms with van der Waals surface area (Å²) in [5.74, 6) is -0.648. The van der Waals surface area contributed by atoms with Crippen LogP contribution in [0.15, 0.2) is 24.3 Å². The van der Waals surface area contributed by atoms with Crippen LogP contribution in [0.3, 0.4) is 0 Å².